The molecule has 3 amide bonds. The van der Waals surface area contributed by atoms with Crippen LogP contribution in [0.1, 0.15) is 55.2 Å². The molecule has 0 saturated carbocycles. The van der Waals surface area contributed by atoms with E-state index in [-0.39, 0.29) is 72.6 Å². The number of phenols is 1. The van der Waals surface area contributed by atoms with Crippen molar-refractivity contribution in [2.24, 2.45) is 0 Å². The number of ether oxygens (including phenoxy) is 2. The molecule has 53 heavy (non-hydrogen) atoms. The zero-order valence-electron chi connectivity index (χ0n) is 30.3. The summed E-state index contributed by atoms with van der Waals surface area (Å²) in [6.45, 7) is 7.84. The SMILES string of the molecule is CCN([C@H]1C[C@H]2C(=O)NCc3nc(oc3C)-c3ccc(c(OC)c3)Oc3cc(ccc3O)CCC(=O)N[C@H](C)C(=O)N2C1)S(=O)(=O)c1c(C)noc1C. The highest BCUT2D eigenvalue weighted by atomic mass is 32.2. The average molecular weight is 751 g/mol. The summed E-state index contributed by atoms with van der Waals surface area (Å²) in [6, 6.07) is 6.87. The van der Waals surface area contributed by atoms with Gasteiger partial charge in [-0.25, -0.2) is 13.4 Å². The number of aryl methyl sites for hydroxylation is 4. The minimum Gasteiger partial charge on any atom is -0.504 e. The Balaban J connectivity index is 1.34. The number of aromatic nitrogens is 2. The van der Waals surface area contributed by atoms with Gasteiger partial charge in [0, 0.05) is 31.1 Å². The summed E-state index contributed by atoms with van der Waals surface area (Å²) in [6.07, 6.45) is 0.255. The van der Waals surface area contributed by atoms with Crippen molar-refractivity contribution in [2.75, 3.05) is 20.2 Å². The summed E-state index contributed by atoms with van der Waals surface area (Å²) in [5.41, 5.74) is 1.88. The van der Waals surface area contributed by atoms with Crippen LogP contribution in [0.2, 0.25) is 0 Å². The van der Waals surface area contributed by atoms with Crippen molar-refractivity contribution in [1.82, 2.24) is 30.0 Å². The smallest absolute Gasteiger partial charge is 0.248 e. The van der Waals surface area contributed by atoms with Crippen molar-refractivity contribution in [3.8, 4) is 34.5 Å². The predicted octanol–water partition coefficient (Wildman–Crippen LogP) is 3.51. The van der Waals surface area contributed by atoms with Crippen molar-refractivity contribution in [1.29, 1.82) is 0 Å². The number of nitrogens with one attached hydrogen (secondary N) is 2. The maximum absolute atomic E-state index is 14.0. The fourth-order valence-corrected chi connectivity index (χ4v) is 8.72. The van der Waals surface area contributed by atoms with E-state index in [1.165, 1.54) is 43.2 Å². The molecular weight excluding hydrogens is 708 g/mol. The second kappa shape index (κ2) is 14.9. The number of benzene rings is 2. The predicted molar refractivity (Wildman–Crippen MR) is 189 cm³/mol. The number of likely N-dealkylation sites (N-methyl/N-ethyl adjacent to an activating group) is 1. The van der Waals surface area contributed by atoms with Crippen LogP contribution in [0.4, 0.5) is 0 Å². The van der Waals surface area contributed by atoms with Crippen LogP contribution in [0.15, 0.2) is 50.2 Å². The first kappa shape index (κ1) is 37.3. The summed E-state index contributed by atoms with van der Waals surface area (Å²) < 4.78 is 51.8. The lowest BCUT2D eigenvalue weighted by molar-refractivity contribution is -0.141. The Kier molecular flexibility index (Phi) is 10.5. The number of rotatable bonds is 5. The van der Waals surface area contributed by atoms with Gasteiger partial charge in [0.15, 0.2) is 28.8 Å². The lowest BCUT2D eigenvalue weighted by Crippen LogP contribution is -2.52. The molecule has 3 N–H and O–H groups in total. The van der Waals surface area contributed by atoms with Crippen LogP contribution in [-0.2, 0) is 37.4 Å². The third-order valence-corrected chi connectivity index (χ3v) is 11.8. The van der Waals surface area contributed by atoms with Gasteiger partial charge in [-0.15, -0.1) is 0 Å². The van der Waals surface area contributed by atoms with E-state index in [1.807, 2.05) is 0 Å². The first-order valence-electron chi connectivity index (χ1n) is 17.2. The Morgan fingerprint density at radius 2 is 1.83 bits per heavy atom. The number of fused-ring (bicyclic) bond motifs is 9. The lowest BCUT2D eigenvalue weighted by atomic mass is 10.1. The number of sulfonamides is 1. The van der Waals surface area contributed by atoms with Crippen LogP contribution in [0.3, 0.4) is 0 Å². The monoisotopic (exact) mass is 750 g/mol. The van der Waals surface area contributed by atoms with Gasteiger partial charge in [0.25, 0.3) is 0 Å². The topological polar surface area (TPSA) is 207 Å². The molecule has 282 valence electrons. The number of phenolic OH excluding ortho intramolecular Hbond substituents is 1. The molecule has 2 aromatic carbocycles. The van der Waals surface area contributed by atoms with E-state index in [2.05, 4.69) is 20.8 Å². The van der Waals surface area contributed by atoms with E-state index in [9.17, 15) is 27.9 Å². The summed E-state index contributed by atoms with van der Waals surface area (Å²) in [5, 5.41) is 20.0. The number of nitrogens with zero attached hydrogens (tertiary/aromatic N) is 4. The number of hydrogen-bond donors (Lipinski definition) is 3. The highest BCUT2D eigenvalue weighted by Gasteiger charge is 2.46. The van der Waals surface area contributed by atoms with Crippen molar-refractivity contribution in [3.63, 3.8) is 0 Å². The van der Waals surface area contributed by atoms with Gasteiger partial charge >= 0.3 is 0 Å². The van der Waals surface area contributed by atoms with Gasteiger partial charge in [-0.2, -0.15) is 4.31 Å². The molecule has 3 aliphatic heterocycles. The molecule has 0 radical (unpaired) electrons. The van der Waals surface area contributed by atoms with E-state index in [0.29, 0.717) is 34.1 Å². The fourth-order valence-electron chi connectivity index (χ4n) is 6.78. The van der Waals surface area contributed by atoms with Crippen LogP contribution in [0.5, 0.6) is 23.0 Å². The summed E-state index contributed by atoms with van der Waals surface area (Å²) >= 11 is 0. The Morgan fingerprint density at radius 3 is 2.53 bits per heavy atom. The molecule has 3 aliphatic rings. The number of amides is 3. The Hall–Kier alpha value is -5.42. The molecule has 4 aromatic rings. The third kappa shape index (κ3) is 7.44. The van der Waals surface area contributed by atoms with Gasteiger partial charge in [-0.3, -0.25) is 14.4 Å². The maximum Gasteiger partial charge on any atom is 0.248 e. The number of carbonyl (C=O) groups excluding carboxylic acids is 3. The van der Waals surface area contributed by atoms with Crippen LogP contribution in [-0.4, -0.2) is 88.9 Å². The molecule has 0 unspecified atom stereocenters. The lowest BCUT2D eigenvalue weighted by Gasteiger charge is -2.28. The van der Waals surface area contributed by atoms with E-state index in [0.717, 1.165) is 0 Å². The van der Waals surface area contributed by atoms with E-state index in [1.54, 1.807) is 44.2 Å². The number of oxazole rings is 1. The molecular formula is C36H42N6O10S. The minimum absolute atomic E-state index is 0.00224. The Morgan fingerprint density at radius 1 is 1.06 bits per heavy atom. The Bertz CT molecular complexity index is 2140. The van der Waals surface area contributed by atoms with Crippen LogP contribution in [0, 0.1) is 20.8 Å². The zero-order chi connectivity index (χ0) is 38.2. The third-order valence-electron chi connectivity index (χ3n) is 9.48. The quantitative estimate of drug-likeness (QED) is 0.268. The molecule has 0 spiro atoms. The molecule has 5 heterocycles. The van der Waals surface area contributed by atoms with Crippen LogP contribution in [0.25, 0.3) is 11.5 Å². The van der Waals surface area contributed by atoms with Crippen LogP contribution < -0.4 is 20.1 Å². The molecule has 2 aromatic heterocycles. The van der Waals surface area contributed by atoms with Gasteiger partial charge in [0.2, 0.25) is 33.6 Å². The molecule has 16 nitrogen and oxygen atoms in total. The molecule has 1 fully saturated rings. The highest BCUT2D eigenvalue weighted by Crippen LogP contribution is 2.39. The fraction of sp³-hybridized carbons (Fsp3) is 0.417. The van der Waals surface area contributed by atoms with Crippen molar-refractivity contribution in [2.45, 2.75) is 83.4 Å². The number of hydrogen-bond acceptors (Lipinski definition) is 12. The second-order valence-corrected chi connectivity index (χ2v) is 14.9. The summed E-state index contributed by atoms with van der Waals surface area (Å²) in [7, 11) is -2.66. The molecule has 3 atom stereocenters. The van der Waals surface area contributed by atoms with Gasteiger partial charge < -0.3 is 39.1 Å². The second-order valence-electron chi connectivity index (χ2n) is 13.1. The van der Waals surface area contributed by atoms with Gasteiger partial charge in [-0.1, -0.05) is 18.1 Å². The van der Waals surface area contributed by atoms with Crippen molar-refractivity contribution >= 4 is 27.7 Å². The molecule has 7 rings (SSSR count). The van der Waals surface area contributed by atoms with Crippen LogP contribution >= 0.6 is 0 Å². The summed E-state index contributed by atoms with van der Waals surface area (Å²) in [4.78, 5) is 46.9. The van der Waals surface area contributed by atoms with E-state index >= 15 is 0 Å². The van der Waals surface area contributed by atoms with Gasteiger partial charge in [0.05, 0.1) is 13.7 Å². The van der Waals surface area contributed by atoms with Gasteiger partial charge in [0.1, 0.15) is 34.1 Å². The number of carbonyl (C=O) groups is 3. The van der Waals surface area contributed by atoms with E-state index in [4.69, 9.17) is 18.4 Å². The van der Waals surface area contributed by atoms with Crippen molar-refractivity contribution < 1.29 is 46.3 Å². The van der Waals surface area contributed by atoms with E-state index < -0.39 is 45.9 Å². The molecule has 0 aliphatic carbocycles. The minimum atomic E-state index is -4.13. The largest absolute Gasteiger partial charge is 0.504 e. The standard InChI is InChI=1S/C36H42N6O10S/c1-7-42(53(47,48)33-19(2)40-52-22(33)5)25-16-27-34(45)37-17-26-21(4)50-35(39-26)24-10-12-29(31(15-24)49-6)51-30-14-23(8-11-28(30)43)9-13-32(44)38-20(3)36(46)41(27)18-25/h8,10-12,14-15,20,25,27,43H,7,9,13,16-18H2,1-6H3,(H,37,45)(H,38,44)/t20-,25+,27+/m1/s1. The average Bonchev–Trinajstić information content (AvgIpc) is 3.83. The number of methoxy groups -OCH3 is 1. The van der Waals surface area contributed by atoms with Gasteiger partial charge in [-0.05, 0) is 76.4 Å². The molecule has 17 heteroatoms. The summed E-state index contributed by atoms with van der Waals surface area (Å²) in [5.74, 6) is 0.0137. The van der Waals surface area contributed by atoms with Crippen molar-refractivity contribution in [3.05, 3.63) is 64.9 Å². The molecule has 6 bridgehead atoms. The normalized spacial score (nSPS) is 19.9. The first-order chi connectivity index (χ1) is 25.2. The molecule has 1 saturated heterocycles. The Labute approximate surface area is 306 Å². The number of aromatic hydroxyl groups is 1. The first-order valence-corrected chi connectivity index (χ1v) is 18.6. The highest BCUT2D eigenvalue weighted by molar-refractivity contribution is 7.89. The zero-order valence-corrected chi connectivity index (χ0v) is 31.1. The maximum atomic E-state index is 14.0.